The average molecular weight is 373 g/mol. The van der Waals surface area contributed by atoms with Crippen LogP contribution in [0, 0.1) is 0 Å². The van der Waals surface area contributed by atoms with Gasteiger partial charge >= 0.3 is 5.97 Å². The molecule has 26 heavy (non-hydrogen) atoms. The smallest absolute Gasteiger partial charge is 0.311 e. The molecule has 1 aromatic heterocycles. The highest BCUT2D eigenvalue weighted by Crippen LogP contribution is 2.22. The summed E-state index contributed by atoms with van der Waals surface area (Å²) in [4.78, 5) is 41.7. The van der Waals surface area contributed by atoms with E-state index in [4.69, 9.17) is 4.74 Å². The Balaban J connectivity index is 1.47. The van der Waals surface area contributed by atoms with Gasteiger partial charge in [0, 0.05) is 30.5 Å². The van der Waals surface area contributed by atoms with E-state index in [-0.39, 0.29) is 30.6 Å². The fourth-order valence-corrected chi connectivity index (χ4v) is 3.45. The average Bonchev–Trinajstić information content (AvgIpc) is 3.18. The van der Waals surface area contributed by atoms with Gasteiger partial charge in [0.05, 0.1) is 18.7 Å². The quantitative estimate of drug-likeness (QED) is 0.752. The molecule has 1 aliphatic heterocycles. The first kappa shape index (κ1) is 18.1. The summed E-state index contributed by atoms with van der Waals surface area (Å²) in [5.74, 6) is -0.604. The lowest BCUT2D eigenvalue weighted by Crippen LogP contribution is -2.28. The number of ether oxygens (including phenoxy) is 1. The third-order valence-corrected chi connectivity index (χ3v) is 4.74. The Morgan fingerprint density at radius 1 is 1.35 bits per heavy atom. The van der Waals surface area contributed by atoms with Crippen molar-refractivity contribution in [2.75, 3.05) is 18.5 Å². The number of hydrogen-bond donors (Lipinski definition) is 1. The van der Waals surface area contributed by atoms with E-state index in [9.17, 15) is 14.4 Å². The van der Waals surface area contributed by atoms with Crippen LogP contribution in [0.5, 0.6) is 0 Å². The normalized spacial score (nSPS) is 12.8. The van der Waals surface area contributed by atoms with Gasteiger partial charge in [0.2, 0.25) is 5.91 Å². The second-order valence-corrected chi connectivity index (χ2v) is 6.67. The van der Waals surface area contributed by atoms with Crippen LogP contribution < -0.4 is 5.32 Å². The zero-order valence-electron chi connectivity index (χ0n) is 14.4. The van der Waals surface area contributed by atoms with E-state index < -0.39 is 0 Å². The van der Waals surface area contributed by atoms with Crippen LogP contribution in [0.1, 0.15) is 35.0 Å². The number of benzene rings is 1. The largest absolute Gasteiger partial charge is 0.466 e. The zero-order chi connectivity index (χ0) is 18.5. The van der Waals surface area contributed by atoms with Gasteiger partial charge in [-0.1, -0.05) is 18.2 Å². The predicted octanol–water partition coefficient (Wildman–Crippen LogP) is 2.23. The number of fused-ring (bicyclic) bond motifs is 1. The number of rotatable bonds is 7. The number of thiazole rings is 1. The number of aromatic nitrogens is 1. The third kappa shape index (κ3) is 4.26. The molecule has 2 amide bonds. The van der Waals surface area contributed by atoms with Gasteiger partial charge in [0.15, 0.2) is 5.13 Å². The fraction of sp³-hybridized carbons (Fsp3) is 0.333. The van der Waals surface area contributed by atoms with Crippen LogP contribution in [0.3, 0.4) is 0 Å². The number of esters is 1. The van der Waals surface area contributed by atoms with Gasteiger partial charge in [0.25, 0.3) is 5.91 Å². The lowest BCUT2D eigenvalue weighted by molar-refractivity contribution is -0.142. The van der Waals surface area contributed by atoms with Crippen molar-refractivity contribution in [1.82, 2.24) is 9.88 Å². The molecule has 8 heteroatoms. The summed E-state index contributed by atoms with van der Waals surface area (Å²) in [7, 11) is 0. The molecule has 0 saturated heterocycles. The topological polar surface area (TPSA) is 88.6 Å². The number of nitrogens with one attached hydrogen (secondary N) is 1. The highest BCUT2D eigenvalue weighted by atomic mass is 32.1. The van der Waals surface area contributed by atoms with Gasteiger partial charge in [0.1, 0.15) is 0 Å². The maximum absolute atomic E-state index is 12.3. The van der Waals surface area contributed by atoms with Gasteiger partial charge in [-0.25, -0.2) is 4.98 Å². The second-order valence-electron chi connectivity index (χ2n) is 5.81. The van der Waals surface area contributed by atoms with E-state index in [2.05, 4.69) is 10.3 Å². The van der Waals surface area contributed by atoms with E-state index in [1.54, 1.807) is 23.3 Å². The molecule has 0 bridgehead atoms. The summed E-state index contributed by atoms with van der Waals surface area (Å²) >= 11 is 1.26. The van der Waals surface area contributed by atoms with Gasteiger partial charge in [-0.05, 0) is 18.6 Å². The molecule has 0 spiro atoms. The Labute approximate surface area is 155 Å². The summed E-state index contributed by atoms with van der Waals surface area (Å²) in [5, 5.41) is 4.86. The lowest BCUT2D eigenvalue weighted by atomic mass is 10.1. The van der Waals surface area contributed by atoms with Crippen LogP contribution in [0.4, 0.5) is 5.13 Å². The van der Waals surface area contributed by atoms with E-state index in [0.29, 0.717) is 36.1 Å². The van der Waals surface area contributed by atoms with Crippen LogP contribution >= 0.6 is 11.3 Å². The number of carbonyl (C=O) groups excluding carboxylic acids is 3. The van der Waals surface area contributed by atoms with Crippen LogP contribution in [0.2, 0.25) is 0 Å². The first-order chi connectivity index (χ1) is 12.6. The van der Waals surface area contributed by atoms with Crippen molar-refractivity contribution in [2.45, 2.75) is 26.3 Å². The Kier molecular flexibility index (Phi) is 5.62. The molecule has 1 aromatic carbocycles. The molecule has 7 nitrogen and oxygen atoms in total. The summed E-state index contributed by atoms with van der Waals surface area (Å²) in [6.07, 6.45) is 0.271. The second kappa shape index (κ2) is 8.09. The van der Waals surface area contributed by atoms with Crippen LogP contribution in [-0.4, -0.2) is 40.8 Å². The van der Waals surface area contributed by atoms with Gasteiger partial charge < -0.3 is 15.0 Å². The summed E-state index contributed by atoms with van der Waals surface area (Å²) in [5.41, 5.74) is 2.26. The first-order valence-corrected chi connectivity index (χ1v) is 9.22. The molecular formula is C18H19N3O4S. The molecule has 0 radical (unpaired) electrons. The monoisotopic (exact) mass is 373 g/mol. The maximum Gasteiger partial charge on any atom is 0.311 e. The SMILES string of the molecule is CCOC(=O)Cc1csc(NC(=O)CCN2Cc3ccccc3C2=O)n1. The molecule has 0 aliphatic carbocycles. The van der Waals surface area contributed by atoms with Crippen molar-refractivity contribution in [3.63, 3.8) is 0 Å². The van der Waals surface area contributed by atoms with E-state index in [0.717, 1.165) is 5.56 Å². The molecule has 1 aliphatic rings. The number of anilines is 1. The van der Waals surface area contributed by atoms with E-state index in [1.165, 1.54) is 11.3 Å². The minimum atomic E-state index is -0.345. The van der Waals surface area contributed by atoms with Gasteiger partial charge in [-0.2, -0.15) is 0 Å². The predicted molar refractivity (Wildman–Crippen MR) is 96.9 cm³/mol. The highest BCUT2D eigenvalue weighted by Gasteiger charge is 2.26. The molecule has 0 unspecified atom stereocenters. The standard InChI is InChI=1S/C18H19N3O4S/c1-2-25-16(23)9-13-11-26-18(19-13)20-15(22)7-8-21-10-12-5-3-4-6-14(12)17(21)24/h3-6,11H,2,7-10H2,1H3,(H,19,20,22). The van der Waals surface area contributed by atoms with Crippen molar-refractivity contribution in [3.8, 4) is 0 Å². The number of carbonyl (C=O) groups is 3. The Morgan fingerprint density at radius 2 is 2.15 bits per heavy atom. The van der Waals surface area contributed by atoms with Crippen molar-refractivity contribution < 1.29 is 19.1 Å². The minimum absolute atomic E-state index is 0.0422. The molecule has 136 valence electrons. The lowest BCUT2D eigenvalue weighted by Gasteiger charge is -2.14. The van der Waals surface area contributed by atoms with Crippen LogP contribution in [0.25, 0.3) is 0 Å². The third-order valence-electron chi connectivity index (χ3n) is 3.93. The van der Waals surface area contributed by atoms with Crippen molar-refractivity contribution in [2.24, 2.45) is 0 Å². The summed E-state index contributed by atoms with van der Waals surface area (Å²) in [6, 6.07) is 7.47. The Bertz CT molecular complexity index is 833. The van der Waals surface area contributed by atoms with Crippen LogP contribution in [0.15, 0.2) is 29.6 Å². The fourth-order valence-electron chi connectivity index (χ4n) is 2.72. The summed E-state index contributed by atoms with van der Waals surface area (Å²) < 4.78 is 4.87. The zero-order valence-corrected chi connectivity index (χ0v) is 15.2. The van der Waals surface area contributed by atoms with Crippen molar-refractivity contribution >= 4 is 34.3 Å². The number of nitrogens with zero attached hydrogens (tertiary/aromatic N) is 2. The molecule has 1 N–H and O–H groups in total. The van der Waals surface area contributed by atoms with Crippen molar-refractivity contribution in [1.29, 1.82) is 0 Å². The molecular weight excluding hydrogens is 354 g/mol. The Morgan fingerprint density at radius 3 is 2.92 bits per heavy atom. The van der Waals surface area contributed by atoms with Gasteiger partial charge in [-0.3, -0.25) is 14.4 Å². The Hall–Kier alpha value is -2.74. The molecule has 0 saturated carbocycles. The van der Waals surface area contributed by atoms with E-state index in [1.807, 2.05) is 18.2 Å². The van der Waals surface area contributed by atoms with E-state index >= 15 is 0 Å². The molecule has 2 aromatic rings. The van der Waals surface area contributed by atoms with Crippen LogP contribution in [-0.2, 0) is 27.3 Å². The maximum atomic E-state index is 12.3. The first-order valence-electron chi connectivity index (χ1n) is 8.34. The minimum Gasteiger partial charge on any atom is -0.466 e. The molecule has 3 rings (SSSR count). The number of amides is 2. The number of hydrogen-bond acceptors (Lipinski definition) is 6. The highest BCUT2D eigenvalue weighted by molar-refractivity contribution is 7.13. The molecule has 0 fully saturated rings. The van der Waals surface area contributed by atoms with Gasteiger partial charge in [-0.15, -0.1) is 11.3 Å². The summed E-state index contributed by atoms with van der Waals surface area (Å²) in [6.45, 7) is 2.95. The molecule has 0 atom stereocenters. The van der Waals surface area contributed by atoms with Crippen molar-refractivity contribution in [3.05, 3.63) is 46.5 Å². The molecule has 2 heterocycles.